The zero-order chi connectivity index (χ0) is 19.7. The van der Waals surface area contributed by atoms with E-state index in [1.54, 1.807) is 12.4 Å². The van der Waals surface area contributed by atoms with E-state index in [9.17, 15) is 0 Å². The van der Waals surface area contributed by atoms with Gasteiger partial charge in [0.05, 0.1) is 23.1 Å². The van der Waals surface area contributed by atoms with E-state index in [0.29, 0.717) is 17.3 Å². The van der Waals surface area contributed by atoms with Gasteiger partial charge in [0.25, 0.3) is 0 Å². The van der Waals surface area contributed by atoms with Gasteiger partial charge >= 0.3 is 0 Å². The molecule has 0 amide bonds. The smallest absolute Gasteiger partial charge is 0.135 e. The van der Waals surface area contributed by atoms with E-state index in [0.717, 1.165) is 47.1 Å². The van der Waals surface area contributed by atoms with Crippen LogP contribution in [-0.2, 0) is 13.0 Å². The maximum absolute atomic E-state index is 6.19. The summed E-state index contributed by atoms with van der Waals surface area (Å²) < 4.78 is 0. The maximum Gasteiger partial charge on any atom is 0.135 e. The predicted octanol–water partition coefficient (Wildman–Crippen LogP) is 3.55. The molecular weight excluding hydrogens is 374 g/mol. The van der Waals surface area contributed by atoms with Gasteiger partial charge < -0.3 is 16.0 Å². The second-order valence-electron chi connectivity index (χ2n) is 6.95. The number of hydrogen-bond donors (Lipinski definition) is 2. The maximum atomic E-state index is 6.19. The molecule has 3 N–H and O–H groups in total. The van der Waals surface area contributed by atoms with Gasteiger partial charge in [-0.05, 0) is 32.0 Å². The molecule has 4 rings (SSSR count). The highest BCUT2D eigenvalue weighted by Crippen LogP contribution is 2.32. The Morgan fingerprint density at radius 1 is 1.18 bits per heavy atom. The highest BCUT2D eigenvalue weighted by atomic mass is 35.5. The Morgan fingerprint density at radius 2 is 1.96 bits per heavy atom. The van der Waals surface area contributed by atoms with Crippen molar-refractivity contribution < 1.29 is 0 Å². The van der Waals surface area contributed by atoms with Gasteiger partial charge in [-0.25, -0.2) is 19.9 Å². The number of benzene rings is 1. The van der Waals surface area contributed by atoms with Gasteiger partial charge in [0.2, 0.25) is 0 Å². The summed E-state index contributed by atoms with van der Waals surface area (Å²) in [5.41, 5.74) is 11.0. The van der Waals surface area contributed by atoms with Gasteiger partial charge in [0, 0.05) is 48.1 Å². The third-order valence-electron chi connectivity index (χ3n) is 4.99. The summed E-state index contributed by atoms with van der Waals surface area (Å²) in [6.07, 6.45) is 6.13. The summed E-state index contributed by atoms with van der Waals surface area (Å²) in [5, 5.41) is 4.13. The number of aryl methyl sites for hydroxylation is 1. The Labute approximate surface area is 169 Å². The van der Waals surface area contributed by atoms with Gasteiger partial charge in [-0.1, -0.05) is 11.6 Å². The van der Waals surface area contributed by atoms with Gasteiger partial charge in [-0.2, -0.15) is 0 Å². The Kier molecular flexibility index (Phi) is 5.00. The van der Waals surface area contributed by atoms with E-state index in [1.165, 1.54) is 0 Å². The lowest BCUT2D eigenvalue weighted by molar-refractivity contribution is 0.703. The van der Waals surface area contributed by atoms with Crippen molar-refractivity contribution >= 4 is 28.8 Å². The average Bonchev–Trinajstić information content (AvgIpc) is 2.68. The Hall–Kier alpha value is -2.93. The van der Waals surface area contributed by atoms with Crippen molar-refractivity contribution in [3.63, 3.8) is 0 Å². The molecule has 0 fully saturated rings. The van der Waals surface area contributed by atoms with Crippen molar-refractivity contribution in [2.45, 2.75) is 32.9 Å². The van der Waals surface area contributed by atoms with E-state index in [4.69, 9.17) is 17.3 Å². The van der Waals surface area contributed by atoms with Crippen molar-refractivity contribution in [3.05, 3.63) is 64.6 Å². The number of nitrogens with one attached hydrogen (secondary N) is 1. The van der Waals surface area contributed by atoms with Crippen LogP contribution in [-0.4, -0.2) is 26.5 Å². The number of hydrogen-bond acceptors (Lipinski definition) is 7. The summed E-state index contributed by atoms with van der Waals surface area (Å²) in [5.74, 6) is 1.59. The topological polar surface area (TPSA) is 92.9 Å². The first-order valence-electron chi connectivity index (χ1n) is 9.19. The van der Waals surface area contributed by atoms with Crippen LogP contribution in [0.3, 0.4) is 0 Å². The molecule has 0 bridgehead atoms. The van der Waals surface area contributed by atoms with Crippen LogP contribution in [0.15, 0.2) is 36.9 Å². The molecule has 1 aliphatic heterocycles. The lowest BCUT2D eigenvalue weighted by atomic mass is 10.0. The minimum atomic E-state index is 0.0237. The second-order valence-corrected chi connectivity index (χ2v) is 7.39. The van der Waals surface area contributed by atoms with Crippen LogP contribution in [0.2, 0.25) is 5.02 Å². The Bertz CT molecular complexity index is 990. The van der Waals surface area contributed by atoms with E-state index in [-0.39, 0.29) is 6.04 Å². The molecule has 2 aromatic heterocycles. The molecule has 0 saturated carbocycles. The Balaban J connectivity index is 1.59. The SMILES string of the molecule is Cc1ncc([C@@H](C)Nc2ncnc3c2CN(c2ccc(Cl)cc2N)CC3)cn1. The first-order chi connectivity index (χ1) is 13.5. The molecule has 0 unspecified atom stereocenters. The first kappa shape index (κ1) is 18.4. The van der Waals surface area contributed by atoms with E-state index >= 15 is 0 Å². The van der Waals surface area contributed by atoms with E-state index in [2.05, 4.69) is 37.1 Å². The molecule has 1 aliphatic rings. The fraction of sp³-hybridized carbons (Fsp3) is 0.300. The third kappa shape index (κ3) is 3.71. The number of aromatic nitrogens is 4. The van der Waals surface area contributed by atoms with Crippen molar-refractivity contribution in [2.24, 2.45) is 0 Å². The molecule has 1 atom stereocenters. The van der Waals surface area contributed by atoms with Crippen LogP contribution in [0.25, 0.3) is 0 Å². The zero-order valence-corrected chi connectivity index (χ0v) is 16.6. The number of nitrogens with zero attached hydrogens (tertiary/aromatic N) is 5. The standard InChI is InChI=1S/C20H22ClN7/c1-12(14-8-23-13(2)24-9-14)27-20-16-10-28(6-5-18(16)25-11-26-20)19-4-3-15(21)7-17(19)22/h3-4,7-9,11-12H,5-6,10,22H2,1-2H3,(H,25,26,27)/t12-/m1/s1. The highest BCUT2D eigenvalue weighted by Gasteiger charge is 2.23. The monoisotopic (exact) mass is 395 g/mol. The van der Waals surface area contributed by atoms with Gasteiger partial charge in [-0.3, -0.25) is 0 Å². The van der Waals surface area contributed by atoms with Crippen LogP contribution in [0.1, 0.15) is 35.6 Å². The quantitative estimate of drug-likeness (QED) is 0.652. The van der Waals surface area contributed by atoms with Crippen LogP contribution in [0, 0.1) is 6.92 Å². The molecule has 3 aromatic rings. The lowest BCUT2D eigenvalue weighted by Gasteiger charge is -2.32. The largest absolute Gasteiger partial charge is 0.397 e. The number of nitrogens with two attached hydrogens (primary N) is 1. The van der Waals surface area contributed by atoms with Gasteiger partial charge in [0.1, 0.15) is 18.0 Å². The summed E-state index contributed by atoms with van der Waals surface area (Å²) in [4.78, 5) is 19.8. The minimum Gasteiger partial charge on any atom is -0.397 e. The predicted molar refractivity (Wildman–Crippen MR) is 111 cm³/mol. The van der Waals surface area contributed by atoms with Crippen LogP contribution >= 0.6 is 11.6 Å². The fourth-order valence-electron chi connectivity index (χ4n) is 3.40. The molecule has 0 aliphatic carbocycles. The summed E-state index contributed by atoms with van der Waals surface area (Å²) in [6, 6.07) is 5.64. The minimum absolute atomic E-state index is 0.0237. The lowest BCUT2D eigenvalue weighted by Crippen LogP contribution is -2.32. The molecule has 144 valence electrons. The van der Waals surface area contributed by atoms with Crippen molar-refractivity contribution in [2.75, 3.05) is 22.5 Å². The number of anilines is 3. The second kappa shape index (κ2) is 7.59. The number of rotatable bonds is 4. The Morgan fingerprint density at radius 3 is 2.71 bits per heavy atom. The average molecular weight is 396 g/mol. The number of nitrogen functional groups attached to an aromatic ring is 1. The fourth-order valence-corrected chi connectivity index (χ4v) is 3.58. The van der Waals surface area contributed by atoms with E-state index < -0.39 is 0 Å². The van der Waals surface area contributed by atoms with Crippen molar-refractivity contribution in [1.82, 2.24) is 19.9 Å². The molecule has 1 aromatic carbocycles. The normalized spacial score (nSPS) is 14.5. The highest BCUT2D eigenvalue weighted by molar-refractivity contribution is 6.31. The van der Waals surface area contributed by atoms with Crippen molar-refractivity contribution in [1.29, 1.82) is 0 Å². The van der Waals surface area contributed by atoms with Crippen molar-refractivity contribution in [3.8, 4) is 0 Å². The van der Waals surface area contributed by atoms with E-state index in [1.807, 2.05) is 31.5 Å². The van der Waals surface area contributed by atoms with Crippen LogP contribution in [0.5, 0.6) is 0 Å². The molecule has 0 spiro atoms. The molecule has 8 heteroatoms. The molecule has 3 heterocycles. The molecular formula is C20H22ClN7. The summed E-state index contributed by atoms with van der Waals surface area (Å²) >= 11 is 6.05. The molecule has 0 saturated heterocycles. The van der Waals surface area contributed by atoms with Crippen LogP contribution < -0.4 is 16.0 Å². The van der Waals surface area contributed by atoms with Gasteiger partial charge in [0.15, 0.2) is 0 Å². The van der Waals surface area contributed by atoms with Crippen LogP contribution in [0.4, 0.5) is 17.2 Å². The molecule has 0 radical (unpaired) electrons. The molecule has 28 heavy (non-hydrogen) atoms. The third-order valence-corrected chi connectivity index (χ3v) is 5.22. The summed E-state index contributed by atoms with van der Waals surface area (Å²) in [7, 11) is 0. The number of halogens is 1. The first-order valence-corrected chi connectivity index (χ1v) is 9.57. The molecule has 7 nitrogen and oxygen atoms in total. The number of fused-ring (bicyclic) bond motifs is 1. The summed E-state index contributed by atoms with van der Waals surface area (Å²) in [6.45, 7) is 5.47. The van der Waals surface area contributed by atoms with Gasteiger partial charge in [-0.15, -0.1) is 0 Å². The zero-order valence-electron chi connectivity index (χ0n) is 15.9.